The van der Waals surface area contributed by atoms with E-state index in [1.54, 1.807) is 12.4 Å². The van der Waals surface area contributed by atoms with Gasteiger partial charge in [0.2, 0.25) is 0 Å². The summed E-state index contributed by atoms with van der Waals surface area (Å²) in [4.78, 5) is 8.57. The van der Waals surface area contributed by atoms with Gasteiger partial charge in [0.05, 0.1) is 0 Å². The van der Waals surface area contributed by atoms with Gasteiger partial charge in [-0.05, 0) is 35.9 Å². The van der Waals surface area contributed by atoms with Crippen LogP contribution >= 0.6 is 0 Å². The molecule has 0 saturated heterocycles. The zero-order valence-electron chi connectivity index (χ0n) is 10.8. The highest BCUT2D eigenvalue weighted by Gasteiger charge is 2.10. The lowest BCUT2D eigenvalue weighted by molar-refractivity contribution is 1.10. The third-order valence-corrected chi connectivity index (χ3v) is 3.37. The molecule has 0 aliphatic rings. The van der Waals surface area contributed by atoms with Crippen molar-refractivity contribution in [3.05, 3.63) is 65.6 Å². The first-order valence-electron chi connectivity index (χ1n) is 6.28. The number of hydrogen-bond acceptors (Lipinski definition) is 3. The number of aromatic nitrogens is 2. The minimum atomic E-state index is 0.553. The zero-order chi connectivity index (χ0) is 13.2. The van der Waals surface area contributed by atoms with Crippen LogP contribution in [-0.4, -0.2) is 9.97 Å². The third kappa shape index (κ3) is 2.15. The smallest absolute Gasteiger partial charge is 0.133 e. The lowest BCUT2D eigenvalue weighted by atomic mass is 9.99. The quantitative estimate of drug-likeness (QED) is 0.759. The number of fused-ring (bicyclic) bond motifs is 1. The van der Waals surface area contributed by atoms with Crippen molar-refractivity contribution >= 4 is 16.6 Å². The Morgan fingerprint density at radius 1 is 1.05 bits per heavy atom. The molecule has 0 bridgehead atoms. The van der Waals surface area contributed by atoms with E-state index < -0.39 is 0 Å². The van der Waals surface area contributed by atoms with Crippen LogP contribution in [-0.2, 0) is 6.42 Å². The molecule has 3 aromatic rings. The fourth-order valence-corrected chi connectivity index (χ4v) is 2.39. The van der Waals surface area contributed by atoms with E-state index >= 15 is 0 Å². The highest BCUT2D eigenvalue weighted by Crippen LogP contribution is 2.26. The number of hydrogen-bond donors (Lipinski definition) is 1. The first-order chi connectivity index (χ1) is 9.25. The van der Waals surface area contributed by atoms with Crippen LogP contribution in [0.1, 0.15) is 16.8 Å². The summed E-state index contributed by atoms with van der Waals surface area (Å²) >= 11 is 0. The van der Waals surface area contributed by atoms with Crippen molar-refractivity contribution in [2.45, 2.75) is 13.3 Å². The standard InChI is InChI=1S/C16H15N3/c1-11-14(9-12-5-3-2-4-6-12)13-7-8-18-10-15(13)16(17)19-11/h2-8,10H,9H2,1H3,(H2,17,19). The van der Waals surface area contributed by atoms with Crippen LogP contribution in [0.5, 0.6) is 0 Å². The molecule has 0 unspecified atom stereocenters. The molecule has 0 aliphatic heterocycles. The van der Waals surface area contributed by atoms with Gasteiger partial charge in [-0.25, -0.2) is 4.98 Å². The molecule has 0 spiro atoms. The lowest BCUT2D eigenvalue weighted by Gasteiger charge is -2.11. The van der Waals surface area contributed by atoms with Crippen LogP contribution in [0.25, 0.3) is 10.8 Å². The summed E-state index contributed by atoms with van der Waals surface area (Å²) in [7, 11) is 0. The van der Waals surface area contributed by atoms with Crippen molar-refractivity contribution in [2.75, 3.05) is 5.73 Å². The molecule has 0 radical (unpaired) electrons. The van der Waals surface area contributed by atoms with E-state index in [1.807, 2.05) is 19.1 Å². The van der Waals surface area contributed by atoms with Gasteiger partial charge < -0.3 is 5.73 Å². The Bertz CT molecular complexity index is 721. The third-order valence-electron chi connectivity index (χ3n) is 3.37. The lowest BCUT2D eigenvalue weighted by Crippen LogP contribution is -2.01. The van der Waals surface area contributed by atoms with Crippen LogP contribution in [0.4, 0.5) is 5.82 Å². The van der Waals surface area contributed by atoms with Gasteiger partial charge >= 0.3 is 0 Å². The number of aryl methyl sites for hydroxylation is 1. The fourth-order valence-electron chi connectivity index (χ4n) is 2.39. The monoisotopic (exact) mass is 249 g/mol. The molecule has 1 aromatic carbocycles. The topological polar surface area (TPSA) is 51.8 Å². The van der Waals surface area contributed by atoms with Crippen molar-refractivity contribution in [1.29, 1.82) is 0 Å². The Kier molecular flexibility index (Phi) is 2.88. The molecule has 0 amide bonds. The largest absolute Gasteiger partial charge is 0.383 e. The minimum Gasteiger partial charge on any atom is -0.383 e. The van der Waals surface area contributed by atoms with Gasteiger partial charge in [-0.2, -0.15) is 0 Å². The number of anilines is 1. The molecule has 0 atom stereocenters. The fraction of sp³-hybridized carbons (Fsp3) is 0.125. The van der Waals surface area contributed by atoms with E-state index in [-0.39, 0.29) is 0 Å². The van der Waals surface area contributed by atoms with E-state index in [2.05, 4.69) is 34.2 Å². The van der Waals surface area contributed by atoms with Gasteiger partial charge in [-0.3, -0.25) is 4.98 Å². The Morgan fingerprint density at radius 3 is 2.63 bits per heavy atom. The number of pyridine rings is 2. The average Bonchev–Trinajstić information content (AvgIpc) is 2.45. The van der Waals surface area contributed by atoms with Gasteiger partial charge in [0, 0.05) is 23.5 Å². The summed E-state index contributed by atoms with van der Waals surface area (Å²) in [5, 5.41) is 2.07. The van der Waals surface area contributed by atoms with Gasteiger partial charge in [0.1, 0.15) is 5.82 Å². The highest BCUT2D eigenvalue weighted by molar-refractivity contribution is 5.93. The number of rotatable bonds is 2. The van der Waals surface area contributed by atoms with Gasteiger partial charge in [-0.15, -0.1) is 0 Å². The second-order valence-corrected chi connectivity index (χ2v) is 4.64. The average molecular weight is 249 g/mol. The van der Waals surface area contributed by atoms with Gasteiger partial charge in [-0.1, -0.05) is 30.3 Å². The van der Waals surface area contributed by atoms with Gasteiger partial charge in [0.25, 0.3) is 0 Å². The summed E-state index contributed by atoms with van der Waals surface area (Å²) in [5.74, 6) is 0.553. The molecule has 0 fully saturated rings. The van der Waals surface area contributed by atoms with Crippen LogP contribution in [0.15, 0.2) is 48.8 Å². The Labute approximate surface area is 112 Å². The van der Waals surface area contributed by atoms with Crippen molar-refractivity contribution in [1.82, 2.24) is 9.97 Å². The molecular weight excluding hydrogens is 234 g/mol. The van der Waals surface area contributed by atoms with Gasteiger partial charge in [0.15, 0.2) is 0 Å². The summed E-state index contributed by atoms with van der Waals surface area (Å²) < 4.78 is 0. The van der Waals surface area contributed by atoms with Crippen molar-refractivity contribution in [3.63, 3.8) is 0 Å². The Hall–Kier alpha value is -2.42. The van der Waals surface area contributed by atoms with Crippen LogP contribution in [0.3, 0.4) is 0 Å². The Balaban J connectivity index is 2.18. The van der Waals surface area contributed by atoms with E-state index in [0.717, 1.165) is 22.9 Å². The van der Waals surface area contributed by atoms with Crippen LogP contribution in [0, 0.1) is 6.92 Å². The molecule has 19 heavy (non-hydrogen) atoms. The summed E-state index contributed by atoms with van der Waals surface area (Å²) in [6.07, 6.45) is 4.45. The number of nitrogens with zero attached hydrogens (tertiary/aromatic N) is 2. The molecule has 3 nitrogen and oxygen atoms in total. The minimum absolute atomic E-state index is 0.553. The first-order valence-corrected chi connectivity index (χ1v) is 6.28. The number of nitrogens with two attached hydrogens (primary N) is 1. The van der Waals surface area contributed by atoms with Crippen LogP contribution in [0.2, 0.25) is 0 Å². The molecular formula is C16H15N3. The molecule has 3 heteroatoms. The van der Waals surface area contributed by atoms with E-state index in [0.29, 0.717) is 5.82 Å². The van der Waals surface area contributed by atoms with E-state index in [1.165, 1.54) is 11.1 Å². The molecule has 2 aromatic heterocycles. The van der Waals surface area contributed by atoms with Crippen molar-refractivity contribution < 1.29 is 0 Å². The molecule has 2 heterocycles. The molecule has 94 valence electrons. The predicted octanol–water partition coefficient (Wildman–Crippen LogP) is 3.11. The summed E-state index contributed by atoms with van der Waals surface area (Å²) in [5.41, 5.74) is 9.45. The normalized spacial score (nSPS) is 10.8. The summed E-state index contributed by atoms with van der Waals surface area (Å²) in [6, 6.07) is 12.4. The molecule has 0 aliphatic carbocycles. The summed E-state index contributed by atoms with van der Waals surface area (Å²) in [6.45, 7) is 2.01. The molecule has 2 N–H and O–H groups in total. The number of nitrogen functional groups attached to an aromatic ring is 1. The van der Waals surface area contributed by atoms with Crippen molar-refractivity contribution in [2.24, 2.45) is 0 Å². The zero-order valence-corrected chi connectivity index (χ0v) is 10.8. The maximum atomic E-state index is 5.97. The maximum absolute atomic E-state index is 5.97. The highest BCUT2D eigenvalue weighted by atomic mass is 14.8. The number of benzene rings is 1. The second-order valence-electron chi connectivity index (χ2n) is 4.64. The SMILES string of the molecule is Cc1nc(N)c2cnccc2c1Cc1ccccc1. The van der Waals surface area contributed by atoms with Crippen molar-refractivity contribution in [3.8, 4) is 0 Å². The Morgan fingerprint density at radius 2 is 1.84 bits per heavy atom. The molecule has 0 saturated carbocycles. The molecule has 3 rings (SSSR count). The second kappa shape index (κ2) is 4.69. The maximum Gasteiger partial charge on any atom is 0.133 e. The van der Waals surface area contributed by atoms with E-state index in [4.69, 9.17) is 5.73 Å². The van der Waals surface area contributed by atoms with E-state index in [9.17, 15) is 0 Å². The predicted molar refractivity (Wildman–Crippen MR) is 77.9 cm³/mol. The first kappa shape index (κ1) is 11.7. The van der Waals surface area contributed by atoms with Crippen LogP contribution < -0.4 is 5.73 Å².